The summed E-state index contributed by atoms with van der Waals surface area (Å²) in [5.74, 6) is -1.27. The highest BCUT2D eigenvalue weighted by Gasteiger charge is 2.30. The molecule has 0 amide bonds. The molecule has 4 nitrogen and oxygen atoms in total. The highest BCUT2D eigenvalue weighted by molar-refractivity contribution is 6.17. The Balaban J connectivity index is 2.83. The number of carbonyl (C=O) groups is 2. The smallest absolute Gasteiger partial charge is 0.345 e. The van der Waals surface area contributed by atoms with E-state index in [1.807, 2.05) is 6.92 Å². The van der Waals surface area contributed by atoms with Gasteiger partial charge in [-0.25, -0.2) is 4.79 Å². The van der Waals surface area contributed by atoms with Crippen LogP contribution < -0.4 is 0 Å². The van der Waals surface area contributed by atoms with Crippen molar-refractivity contribution in [1.29, 1.82) is 0 Å². The van der Waals surface area contributed by atoms with Gasteiger partial charge in [0.15, 0.2) is 5.78 Å². The fourth-order valence-electron chi connectivity index (χ4n) is 1.52. The van der Waals surface area contributed by atoms with E-state index in [4.69, 9.17) is 4.74 Å². The molecule has 0 bridgehead atoms. The second-order valence-corrected chi connectivity index (χ2v) is 3.40. The first-order chi connectivity index (χ1) is 6.56. The number of carbonyl (C=O) groups excluding carboxylic acids is 2. The quantitative estimate of drug-likeness (QED) is 0.551. The molecule has 0 aromatic rings. The van der Waals surface area contributed by atoms with Crippen molar-refractivity contribution in [3.63, 3.8) is 0 Å². The van der Waals surface area contributed by atoms with Crippen molar-refractivity contribution in [3.8, 4) is 0 Å². The summed E-state index contributed by atoms with van der Waals surface area (Å²) in [5, 5.41) is 9.46. The molecule has 1 rings (SSSR count). The van der Waals surface area contributed by atoms with E-state index in [0.717, 1.165) is 6.42 Å². The average molecular weight is 198 g/mol. The third-order valence-corrected chi connectivity index (χ3v) is 2.15. The van der Waals surface area contributed by atoms with Gasteiger partial charge in [-0.1, -0.05) is 13.3 Å². The zero-order valence-electron chi connectivity index (χ0n) is 8.37. The van der Waals surface area contributed by atoms with E-state index < -0.39 is 11.8 Å². The van der Waals surface area contributed by atoms with Crippen molar-refractivity contribution in [2.75, 3.05) is 0 Å². The number of cyclic esters (lactones) is 1. The van der Waals surface area contributed by atoms with Crippen molar-refractivity contribution >= 4 is 11.8 Å². The fourth-order valence-corrected chi connectivity index (χ4v) is 1.52. The van der Waals surface area contributed by atoms with Gasteiger partial charge >= 0.3 is 5.97 Å². The Morgan fingerprint density at radius 1 is 1.64 bits per heavy atom. The molecule has 0 unspecified atom stereocenters. The molecule has 0 aromatic carbocycles. The van der Waals surface area contributed by atoms with Crippen molar-refractivity contribution in [2.45, 2.75) is 39.2 Å². The predicted octanol–water partition coefficient (Wildman–Crippen LogP) is 1.50. The summed E-state index contributed by atoms with van der Waals surface area (Å²) in [6.45, 7) is 3.21. The molecule has 14 heavy (non-hydrogen) atoms. The Labute approximate surface area is 82.6 Å². The molecule has 0 radical (unpaired) electrons. The number of ketones is 1. The number of hydrogen-bond acceptors (Lipinski definition) is 4. The van der Waals surface area contributed by atoms with E-state index in [1.54, 1.807) is 0 Å². The maximum Gasteiger partial charge on any atom is 0.345 e. The van der Waals surface area contributed by atoms with Crippen molar-refractivity contribution in [1.82, 2.24) is 0 Å². The topological polar surface area (TPSA) is 63.6 Å². The summed E-state index contributed by atoms with van der Waals surface area (Å²) in [4.78, 5) is 22.2. The molecule has 4 heteroatoms. The minimum Gasteiger partial charge on any atom is -0.511 e. The number of ether oxygens (including phenoxy) is 1. The fraction of sp³-hybridized carbons (Fsp3) is 0.600. The van der Waals surface area contributed by atoms with E-state index in [9.17, 15) is 14.7 Å². The third-order valence-electron chi connectivity index (χ3n) is 2.15. The molecule has 0 aromatic heterocycles. The van der Waals surface area contributed by atoms with Crippen LogP contribution in [0.4, 0.5) is 0 Å². The van der Waals surface area contributed by atoms with Crippen LogP contribution in [0.2, 0.25) is 0 Å². The number of rotatable bonds is 3. The minimum atomic E-state index is -0.695. The molecule has 0 saturated heterocycles. The Morgan fingerprint density at radius 2 is 2.29 bits per heavy atom. The van der Waals surface area contributed by atoms with Gasteiger partial charge < -0.3 is 9.84 Å². The van der Waals surface area contributed by atoms with Gasteiger partial charge in [0.1, 0.15) is 17.4 Å². The van der Waals surface area contributed by atoms with Gasteiger partial charge in [0.2, 0.25) is 0 Å². The summed E-state index contributed by atoms with van der Waals surface area (Å²) >= 11 is 0. The lowest BCUT2D eigenvalue weighted by molar-refractivity contribution is -0.148. The van der Waals surface area contributed by atoms with Crippen LogP contribution in [0.5, 0.6) is 0 Å². The van der Waals surface area contributed by atoms with E-state index in [2.05, 4.69) is 0 Å². The lowest BCUT2D eigenvalue weighted by atomic mass is 10.0. The van der Waals surface area contributed by atoms with E-state index in [0.29, 0.717) is 6.42 Å². The molecule has 0 spiro atoms. The van der Waals surface area contributed by atoms with Gasteiger partial charge in [0, 0.05) is 6.42 Å². The summed E-state index contributed by atoms with van der Waals surface area (Å²) in [7, 11) is 0. The van der Waals surface area contributed by atoms with Crippen LogP contribution in [0, 0.1) is 0 Å². The molecule has 0 aliphatic carbocycles. The van der Waals surface area contributed by atoms with Crippen LogP contribution in [0.3, 0.4) is 0 Å². The van der Waals surface area contributed by atoms with Crippen LogP contribution in [-0.2, 0) is 14.3 Å². The third kappa shape index (κ3) is 2.13. The maximum atomic E-state index is 11.3. The first-order valence-corrected chi connectivity index (χ1v) is 4.70. The minimum absolute atomic E-state index is 0.132. The van der Waals surface area contributed by atoms with Crippen molar-refractivity contribution in [3.05, 3.63) is 11.3 Å². The number of esters is 1. The Bertz CT molecular complexity index is 290. The predicted molar refractivity (Wildman–Crippen MR) is 49.7 cm³/mol. The normalized spacial score (nSPS) is 22.1. The first kappa shape index (κ1) is 10.8. The van der Waals surface area contributed by atoms with Gasteiger partial charge in [-0.05, 0) is 13.3 Å². The molecule has 1 atom stereocenters. The van der Waals surface area contributed by atoms with Crippen LogP contribution in [0.15, 0.2) is 11.3 Å². The number of aliphatic hydroxyl groups is 1. The van der Waals surface area contributed by atoms with Gasteiger partial charge in [0.05, 0.1) is 0 Å². The molecular formula is C10H14O4. The summed E-state index contributed by atoms with van der Waals surface area (Å²) in [6, 6.07) is 0. The zero-order valence-corrected chi connectivity index (χ0v) is 8.37. The lowest BCUT2D eigenvalue weighted by Crippen LogP contribution is -2.29. The van der Waals surface area contributed by atoms with Gasteiger partial charge in [0.25, 0.3) is 0 Å². The Hall–Kier alpha value is -1.32. The number of Topliss-reactive ketones (excluding diaryl/α,β-unsaturated/α-hetero) is 1. The SMILES string of the molecule is CCC[C@H]1CC(O)=C(C(C)=O)C(=O)O1. The standard InChI is InChI=1S/C10H14O4/c1-3-4-7-5-8(12)9(6(2)11)10(13)14-7/h7,12H,3-5H2,1-2H3/t7-/m0/s1. The average Bonchev–Trinajstić information content (AvgIpc) is 2.01. The van der Waals surface area contributed by atoms with Crippen molar-refractivity contribution in [2.24, 2.45) is 0 Å². The number of aliphatic hydroxyl groups excluding tert-OH is 1. The van der Waals surface area contributed by atoms with Gasteiger partial charge in [-0.15, -0.1) is 0 Å². The molecule has 1 aliphatic heterocycles. The highest BCUT2D eigenvalue weighted by atomic mass is 16.5. The van der Waals surface area contributed by atoms with E-state index in [1.165, 1.54) is 6.92 Å². The molecule has 0 saturated carbocycles. The first-order valence-electron chi connectivity index (χ1n) is 4.70. The lowest BCUT2D eigenvalue weighted by Gasteiger charge is -2.22. The van der Waals surface area contributed by atoms with E-state index in [-0.39, 0.29) is 23.9 Å². The van der Waals surface area contributed by atoms with Crippen LogP contribution in [-0.4, -0.2) is 23.0 Å². The second-order valence-electron chi connectivity index (χ2n) is 3.40. The molecule has 1 aliphatic rings. The largest absolute Gasteiger partial charge is 0.511 e. The highest BCUT2D eigenvalue weighted by Crippen LogP contribution is 2.23. The molecular weight excluding hydrogens is 184 g/mol. The summed E-state index contributed by atoms with van der Waals surface area (Å²) in [5.41, 5.74) is -0.197. The monoisotopic (exact) mass is 198 g/mol. The Kier molecular flexibility index (Phi) is 3.28. The Morgan fingerprint density at radius 3 is 2.71 bits per heavy atom. The molecule has 0 fully saturated rings. The van der Waals surface area contributed by atoms with Crippen LogP contribution in [0.1, 0.15) is 33.1 Å². The molecule has 78 valence electrons. The maximum absolute atomic E-state index is 11.3. The van der Waals surface area contributed by atoms with Gasteiger partial charge in [-0.3, -0.25) is 4.79 Å². The van der Waals surface area contributed by atoms with E-state index >= 15 is 0 Å². The molecule has 1 N–H and O–H groups in total. The molecule has 1 heterocycles. The van der Waals surface area contributed by atoms with Crippen LogP contribution >= 0.6 is 0 Å². The zero-order chi connectivity index (χ0) is 10.7. The van der Waals surface area contributed by atoms with Gasteiger partial charge in [-0.2, -0.15) is 0 Å². The van der Waals surface area contributed by atoms with Crippen LogP contribution in [0.25, 0.3) is 0 Å². The summed E-state index contributed by atoms with van der Waals surface area (Å²) in [6.07, 6.45) is 1.56. The summed E-state index contributed by atoms with van der Waals surface area (Å²) < 4.78 is 4.99. The number of hydrogen-bond donors (Lipinski definition) is 1. The van der Waals surface area contributed by atoms with Crippen molar-refractivity contribution < 1.29 is 19.4 Å². The second kappa shape index (κ2) is 4.26.